The van der Waals surface area contributed by atoms with E-state index in [9.17, 15) is 9.59 Å². The highest BCUT2D eigenvalue weighted by atomic mass is 16.5. The molecular weight excluding hydrogens is 392 g/mol. The van der Waals surface area contributed by atoms with Gasteiger partial charge in [-0.15, -0.1) is 0 Å². The Balaban J connectivity index is 1.98. The molecule has 162 valence electrons. The first-order chi connectivity index (χ1) is 14.4. The number of hydrogen-bond acceptors (Lipinski definition) is 7. The number of rotatable bonds is 9. The fraction of sp³-hybridized carbons (Fsp3) is 0.333. The van der Waals surface area contributed by atoms with Crippen LogP contribution in [0.15, 0.2) is 36.4 Å². The average Bonchev–Trinajstić information content (AvgIpc) is 2.77. The lowest BCUT2D eigenvalue weighted by Gasteiger charge is -2.17. The van der Waals surface area contributed by atoms with Crippen LogP contribution in [0.4, 0.5) is 0 Å². The topological polar surface area (TPSA) is 104 Å². The Morgan fingerprint density at radius 2 is 1.43 bits per heavy atom. The average molecular weight is 418 g/mol. The van der Waals surface area contributed by atoms with Gasteiger partial charge in [0.15, 0.2) is 17.6 Å². The second kappa shape index (κ2) is 10.8. The first-order valence-corrected chi connectivity index (χ1v) is 9.23. The molecule has 0 aliphatic rings. The van der Waals surface area contributed by atoms with Crippen LogP contribution >= 0.6 is 0 Å². The van der Waals surface area contributed by atoms with Gasteiger partial charge in [0.05, 0.1) is 33.5 Å². The maximum absolute atomic E-state index is 12.5. The number of carbonyl (C=O) groups is 2. The van der Waals surface area contributed by atoms with E-state index >= 15 is 0 Å². The molecule has 2 N–H and O–H groups in total. The lowest BCUT2D eigenvalue weighted by Crippen LogP contribution is -2.47. The van der Waals surface area contributed by atoms with Crippen molar-refractivity contribution >= 4 is 11.8 Å². The van der Waals surface area contributed by atoms with E-state index in [1.807, 2.05) is 6.92 Å². The smallest absolute Gasteiger partial charge is 0.279 e. The summed E-state index contributed by atoms with van der Waals surface area (Å²) in [6, 6.07) is 9.86. The van der Waals surface area contributed by atoms with Gasteiger partial charge >= 0.3 is 0 Å². The molecule has 0 aliphatic heterocycles. The highest BCUT2D eigenvalue weighted by Gasteiger charge is 2.20. The lowest BCUT2D eigenvalue weighted by atomic mass is 10.1. The maximum atomic E-state index is 12.5. The van der Waals surface area contributed by atoms with Crippen molar-refractivity contribution in [2.24, 2.45) is 0 Å². The van der Waals surface area contributed by atoms with Gasteiger partial charge in [0.1, 0.15) is 17.2 Å². The van der Waals surface area contributed by atoms with E-state index in [-0.39, 0.29) is 11.3 Å². The van der Waals surface area contributed by atoms with Gasteiger partial charge in [-0.3, -0.25) is 20.4 Å². The highest BCUT2D eigenvalue weighted by Crippen LogP contribution is 2.34. The number of ether oxygens (including phenoxy) is 5. The summed E-state index contributed by atoms with van der Waals surface area (Å²) in [6.45, 7) is 4.02. The SMILES string of the molecule is CCOc1ccc(O[C@H](C)C(=O)NNC(=O)c2cc(OC)c(OC)cc2OC)cc1. The molecule has 2 rings (SSSR count). The minimum Gasteiger partial charge on any atom is -0.496 e. The van der Waals surface area contributed by atoms with Crippen molar-refractivity contribution in [2.45, 2.75) is 20.0 Å². The van der Waals surface area contributed by atoms with Gasteiger partial charge in [-0.2, -0.15) is 0 Å². The predicted molar refractivity (Wildman–Crippen MR) is 109 cm³/mol. The molecular formula is C21H26N2O7. The molecule has 0 radical (unpaired) electrons. The molecule has 2 aromatic carbocycles. The summed E-state index contributed by atoms with van der Waals surface area (Å²) in [7, 11) is 4.35. The van der Waals surface area contributed by atoms with Crippen LogP contribution in [-0.4, -0.2) is 45.9 Å². The molecule has 0 aromatic heterocycles. The van der Waals surface area contributed by atoms with E-state index in [2.05, 4.69) is 10.9 Å². The Labute approximate surface area is 175 Å². The van der Waals surface area contributed by atoms with E-state index < -0.39 is 17.9 Å². The molecule has 0 spiro atoms. The second-order valence-corrected chi connectivity index (χ2v) is 6.02. The molecule has 0 saturated carbocycles. The monoisotopic (exact) mass is 418 g/mol. The minimum atomic E-state index is -0.851. The quantitative estimate of drug-likeness (QED) is 0.602. The normalized spacial score (nSPS) is 11.1. The molecule has 0 heterocycles. The molecule has 0 bridgehead atoms. The first-order valence-electron chi connectivity index (χ1n) is 9.23. The molecule has 2 amide bonds. The van der Waals surface area contributed by atoms with Gasteiger partial charge in [-0.1, -0.05) is 0 Å². The molecule has 0 unspecified atom stereocenters. The van der Waals surface area contributed by atoms with Crippen LogP contribution in [0.5, 0.6) is 28.7 Å². The summed E-state index contributed by atoms with van der Waals surface area (Å²) in [5.74, 6) is 1.10. The maximum Gasteiger partial charge on any atom is 0.279 e. The molecule has 2 aromatic rings. The van der Waals surface area contributed by atoms with Gasteiger partial charge in [0.25, 0.3) is 11.8 Å². The van der Waals surface area contributed by atoms with Crippen molar-refractivity contribution in [3.05, 3.63) is 42.0 Å². The van der Waals surface area contributed by atoms with Crippen LogP contribution in [0, 0.1) is 0 Å². The van der Waals surface area contributed by atoms with Crippen LogP contribution in [-0.2, 0) is 4.79 Å². The zero-order chi connectivity index (χ0) is 22.1. The van der Waals surface area contributed by atoms with E-state index in [0.29, 0.717) is 29.6 Å². The van der Waals surface area contributed by atoms with Crippen molar-refractivity contribution in [1.82, 2.24) is 10.9 Å². The van der Waals surface area contributed by atoms with Crippen LogP contribution < -0.4 is 34.5 Å². The number of methoxy groups -OCH3 is 3. The van der Waals surface area contributed by atoms with Gasteiger partial charge in [0, 0.05) is 12.1 Å². The third-order valence-electron chi connectivity index (χ3n) is 4.07. The summed E-state index contributed by atoms with van der Waals surface area (Å²) in [6.07, 6.45) is -0.851. The Bertz CT molecular complexity index is 868. The van der Waals surface area contributed by atoms with E-state index in [1.165, 1.54) is 33.5 Å². The van der Waals surface area contributed by atoms with E-state index in [4.69, 9.17) is 23.7 Å². The number of hydrazine groups is 1. The highest BCUT2D eigenvalue weighted by molar-refractivity contribution is 5.99. The van der Waals surface area contributed by atoms with Crippen LogP contribution in [0.3, 0.4) is 0 Å². The summed E-state index contributed by atoms with van der Waals surface area (Å²) in [5.41, 5.74) is 4.84. The Morgan fingerprint density at radius 3 is 2.00 bits per heavy atom. The molecule has 0 fully saturated rings. The fourth-order valence-electron chi connectivity index (χ4n) is 2.53. The Hall–Kier alpha value is -3.62. The number of hydrogen-bond donors (Lipinski definition) is 2. The van der Waals surface area contributed by atoms with E-state index in [1.54, 1.807) is 31.2 Å². The number of benzene rings is 2. The Morgan fingerprint density at radius 1 is 0.867 bits per heavy atom. The van der Waals surface area contributed by atoms with Crippen LogP contribution in [0.25, 0.3) is 0 Å². The molecule has 9 nitrogen and oxygen atoms in total. The summed E-state index contributed by atoms with van der Waals surface area (Å²) < 4.78 is 26.6. The van der Waals surface area contributed by atoms with Gasteiger partial charge < -0.3 is 23.7 Å². The third-order valence-corrected chi connectivity index (χ3v) is 4.07. The second-order valence-electron chi connectivity index (χ2n) is 6.02. The summed E-state index contributed by atoms with van der Waals surface area (Å²) in [5, 5.41) is 0. The predicted octanol–water partition coefficient (Wildman–Crippen LogP) is 2.34. The number of carbonyl (C=O) groups excluding carboxylic acids is 2. The minimum absolute atomic E-state index is 0.163. The summed E-state index contributed by atoms with van der Waals surface area (Å²) in [4.78, 5) is 24.8. The van der Waals surface area contributed by atoms with Gasteiger partial charge in [0.2, 0.25) is 0 Å². The van der Waals surface area contributed by atoms with Gasteiger partial charge in [-0.25, -0.2) is 0 Å². The fourth-order valence-corrected chi connectivity index (χ4v) is 2.53. The molecule has 30 heavy (non-hydrogen) atoms. The van der Waals surface area contributed by atoms with Crippen molar-refractivity contribution < 1.29 is 33.3 Å². The standard InChI is InChI=1S/C21H26N2O7/c1-6-29-14-7-9-15(10-8-14)30-13(2)20(24)22-23-21(25)16-11-18(27-4)19(28-5)12-17(16)26-3/h7-13H,6H2,1-5H3,(H,22,24)(H,23,25)/t13-/m1/s1. The first kappa shape index (κ1) is 22.7. The number of amides is 2. The van der Waals surface area contributed by atoms with Crippen LogP contribution in [0.1, 0.15) is 24.2 Å². The molecule has 0 aliphatic carbocycles. The van der Waals surface area contributed by atoms with Crippen LogP contribution in [0.2, 0.25) is 0 Å². The summed E-state index contributed by atoms with van der Waals surface area (Å²) >= 11 is 0. The van der Waals surface area contributed by atoms with E-state index in [0.717, 1.165) is 0 Å². The zero-order valence-electron chi connectivity index (χ0n) is 17.6. The molecule has 9 heteroatoms. The van der Waals surface area contributed by atoms with Crippen molar-refractivity contribution in [1.29, 1.82) is 0 Å². The molecule has 0 saturated heterocycles. The van der Waals surface area contributed by atoms with Crippen molar-refractivity contribution in [3.8, 4) is 28.7 Å². The molecule has 1 atom stereocenters. The van der Waals surface area contributed by atoms with Crippen molar-refractivity contribution in [3.63, 3.8) is 0 Å². The van der Waals surface area contributed by atoms with Gasteiger partial charge in [-0.05, 0) is 38.1 Å². The number of nitrogens with one attached hydrogen (secondary N) is 2. The van der Waals surface area contributed by atoms with Crippen molar-refractivity contribution in [2.75, 3.05) is 27.9 Å². The Kier molecular flexibility index (Phi) is 8.16. The zero-order valence-corrected chi connectivity index (χ0v) is 17.6. The lowest BCUT2D eigenvalue weighted by molar-refractivity contribution is -0.128. The largest absolute Gasteiger partial charge is 0.496 e. The third kappa shape index (κ3) is 5.69.